The van der Waals surface area contributed by atoms with Gasteiger partial charge in [-0.2, -0.15) is 0 Å². The van der Waals surface area contributed by atoms with Gasteiger partial charge in [-0.15, -0.1) is 11.3 Å². The second-order valence-corrected chi connectivity index (χ2v) is 5.37. The first-order chi connectivity index (χ1) is 8.69. The number of rotatable bonds is 5. The van der Waals surface area contributed by atoms with Crippen LogP contribution in [-0.2, 0) is 12.8 Å². The molecule has 3 nitrogen and oxygen atoms in total. The van der Waals surface area contributed by atoms with Crippen molar-refractivity contribution in [3.05, 3.63) is 40.4 Å². The first kappa shape index (κ1) is 12.9. The molecule has 0 fully saturated rings. The van der Waals surface area contributed by atoms with E-state index in [-0.39, 0.29) is 0 Å². The summed E-state index contributed by atoms with van der Waals surface area (Å²) in [5, 5.41) is 0.661. The van der Waals surface area contributed by atoms with Crippen LogP contribution in [-0.4, -0.2) is 11.6 Å². The van der Waals surface area contributed by atoms with Crippen molar-refractivity contribution < 1.29 is 4.74 Å². The van der Waals surface area contributed by atoms with Gasteiger partial charge < -0.3 is 10.5 Å². The number of ether oxygens (including phenoxy) is 1. The van der Waals surface area contributed by atoms with Crippen molar-refractivity contribution in [2.45, 2.75) is 26.7 Å². The molecule has 18 heavy (non-hydrogen) atoms. The minimum Gasteiger partial charge on any atom is -0.494 e. The molecule has 2 N–H and O–H groups in total. The molecule has 2 rings (SSSR count). The Morgan fingerprint density at radius 3 is 2.50 bits per heavy atom. The van der Waals surface area contributed by atoms with Crippen LogP contribution in [0.4, 0.5) is 5.13 Å². The Morgan fingerprint density at radius 1 is 1.22 bits per heavy atom. The van der Waals surface area contributed by atoms with Crippen LogP contribution in [0.15, 0.2) is 24.3 Å². The topological polar surface area (TPSA) is 48.1 Å². The molecule has 1 aromatic heterocycles. The minimum absolute atomic E-state index is 0.661. The molecule has 2 aromatic rings. The third-order valence-corrected chi connectivity index (χ3v) is 3.64. The maximum absolute atomic E-state index is 5.69. The van der Waals surface area contributed by atoms with E-state index < -0.39 is 0 Å². The van der Waals surface area contributed by atoms with Crippen LogP contribution in [0.3, 0.4) is 0 Å². The van der Waals surface area contributed by atoms with E-state index in [4.69, 9.17) is 10.5 Å². The number of hydrogen-bond donors (Lipinski definition) is 1. The number of aryl methyl sites for hydroxylation is 3. The van der Waals surface area contributed by atoms with E-state index in [1.54, 1.807) is 11.3 Å². The molecule has 0 aliphatic rings. The standard InChI is InChI=1S/C14H18N2OS/c1-3-17-12-7-4-11(5-8-12)6-9-13-10(2)18-14(15)16-13/h4-5,7-8H,3,6,9H2,1-2H3,(H2,15,16). The summed E-state index contributed by atoms with van der Waals surface area (Å²) in [6.07, 6.45) is 1.92. The fourth-order valence-electron chi connectivity index (χ4n) is 1.86. The summed E-state index contributed by atoms with van der Waals surface area (Å²) >= 11 is 1.56. The molecule has 96 valence electrons. The van der Waals surface area contributed by atoms with Crippen LogP contribution in [0, 0.1) is 6.92 Å². The first-order valence-electron chi connectivity index (χ1n) is 6.12. The van der Waals surface area contributed by atoms with Gasteiger partial charge in [-0.1, -0.05) is 12.1 Å². The molecule has 1 heterocycles. The Balaban J connectivity index is 1.95. The summed E-state index contributed by atoms with van der Waals surface area (Å²) in [6.45, 7) is 4.77. The van der Waals surface area contributed by atoms with E-state index in [0.29, 0.717) is 11.7 Å². The highest BCUT2D eigenvalue weighted by Crippen LogP contribution is 2.21. The molecule has 0 aliphatic heterocycles. The lowest BCUT2D eigenvalue weighted by Crippen LogP contribution is -1.95. The highest BCUT2D eigenvalue weighted by Gasteiger charge is 2.05. The zero-order chi connectivity index (χ0) is 13.0. The average molecular weight is 262 g/mol. The fraction of sp³-hybridized carbons (Fsp3) is 0.357. The molecular weight excluding hydrogens is 244 g/mol. The van der Waals surface area contributed by atoms with Gasteiger partial charge in [0.15, 0.2) is 5.13 Å². The van der Waals surface area contributed by atoms with Crippen LogP contribution in [0.25, 0.3) is 0 Å². The maximum Gasteiger partial charge on any atom is 0.180 e. The second-order valence-electron chi connectivity index (χ2n) is 4.13. The molecule has 0 bridgehead atoms. The van der Waals surface area contributed by atoms with E-state index in [9.17, 15) is 0 Å². The SMILES string of the molecule is CCOc1ccc(CCc2nc(N)sc2C)cc1. The molecule has 0 radical (unpaired) electrons. The van der Waals surface area contributed by atoms with Gasteiger partial charge in [-0.25, -0.2) is 4.98 Å². The lowest BCUT2D eigenvalue weighted by atomic mass is 10.1. The van der Waals surface area contributed by atoms with E-state index in [2.05, 4.69) is 24.0 Å². The number of aromatic nitrogens is 1. The van der Waals surface area contributed by atoms with E-state index in [0.717, 1.165) is 24.3 Å². The molecular formula is C14H18N2OS. The molecule has 0 saturated heterocycles. The van der Waals surface area contributed by atoms with Crippen molar-refractivity contribution >= 4 is 16.5 Å². The Bertz CT molecular complexity index is 505. The van der Waals surface area contributed by atoms with Gasteiger partial charge in [-0.05, 0) is 44.4 Å². The summed E-state index contributed by atoms with van der Waals surface area (Å²) < 4.78 is 5.42. The lowest BCUT2D eigenvalue weighted by Gasteiger charge is -2.04. The van der Waals surface area contributed by atoms with Gasteiger partial charge in [0.25, 0.3) is 0 Å². The second kappa shape index (κ2) is 5.87. The van der Waals surface area contributed by atoms with Gasteiger partial charge in [0, 0.05) is 4.88 Å². The van der Waals surface area contributed by atoms with E-state index >= 15 is 0 Å². The van der Waals surface area contributed by atoms with E-state index in [1.165, 1.54) is 10.4 Å². The normalized spacial score (nSPS) is 10.6. The van der Waals surface area contributed by atoms with Crippen LogP contribution < -0.4 is 10.5 Å². The molecule has 0 atom stereocenters. The van der Waals surface area contributed by atoms with Crippen LogP contribution in [0.5, 0.6) is 5.75 Å². The quantitative estimate of drug-likeness (QED) is 0.900. The minimum atomic E-state index is 0.661. The number of hydrogen-bond acceptors (Lipinski definition) is 4. The summed E-state index contributed by atoms with van der Waals surface area (Å²) in [4.78, 5) is 5.56. The molecule has 4 heteroatoms. The predicted molar refractivity (Wildman–Crippen MR) is 76.3 cm³/mol. The molecule has 0 saturated carbocycles. The number of thiazole rings is 1. The number of benzene rings is 1. The smallest absolute Gasteiger partial charge is 0.180 e. The summed E-state index contributed by atoms with van der Waals surface area (Å²) in [5.74, 6) is 0.926. The largest absolute Gasteiger partial charge is 0.494 e. The molecule has 0 aliphatic carbocycles. The molecule has 1 aromatic carbocycles. The van der Waals surface area contributed by atoms with Gasteiger partial charge in [-0.3, -0.25) is 0 Å². The number of nitrogen functional groups attached to an aromatic ring is 1. The van der Waals surface area contributed by atoms with E-state index in [1.807, 2.05) is 19.1 Å². The zero-order valence-corrected chi connectivity index (χ0v) is 11.6. The monoisotopic (exact) mass is 262 g/mol. The number of nitrogens with zero attached hydrogens (tertiary/aromatic N) is 1. The van der Waals surface area contributed by atoms with Gasteiger partial charge in [0.2, 0.25) is 0 Å². The Morgan fingerprint density at radius 2 is 1.94 bits per heavy atom. The van der Waals surface area contributed by atoms with Crippen molar-refractivity contribution in [3.8, 4) is 5.75 Å². The van der Waals surface area contributed by atoms with Crippen molar-refractivity contribution in [1.29, 1.82) is 0 Å². The number of anilines is 1. The fourth-order valence-corrected chi connectivity index (χ4v) is 2.60. The van der Waals surface area contributed by atoms with Crippen molar-refractivity contribution in [1.82, 2.24) is 4.98 Å². The first-order valence-corrected chi connectivity index (χ1v) is 6.94. The summed E-state index contributed by atoms with van der Waals surface area (Å²) in [5.41, 5.74) is 8.11. The van der Waals surface area contributed by atoms with Gasteiger partial charge in [0.1, 0.15) is 5.75 Å². The van der Waals surface area contributed by atoms with Crippen molar-refractivity contribution in [2.24, 2.45) is 0 Å². The maximum atomic E-state index is 5.69. The van der Waals surface area contributed by atoms with Gasteiger partial charge in [0.05, 0.1) is 12.3 Å². The molecule has 0 amide bonds. The lowest BCUT2D eigenvalue weighted by molar-refractivity contribution is 0.340. The summed E-state index contributed by atoms with van der Waals surface area (Å²) in [6, 6.07) is 8.24. The summed E-state index contributed by atoms with van der Waals surface area (Å²) in [7, 11) is 0. The number of nitrogens with two attached hydrogens (primary N) is 1. The Hall–Kier alpha value is -1.55. The van der Waals surface area contributed by atoms with Crippen molar-refractivity contribution in [3.63, 3.8) is 0 Å². The molecule has 0 unspecified atom stereocenters. The van der Waals surface area contributed by atoms with Crippen LogP contribution >= 0.6 is 11.3 Å². The third kappa shape index (κ3) is 3.23. The van der Waals surface area contributed by atoms with Crippen molar-refractivity contribution in [2.75, 3.05) is 12.3 Å². The third-order valence-electron chi connectivity index (χ3n) is 2.79. The highest BCUT2D eigenvalue weighted by atomic mass is 32.1. The van der Waals surface area contributed by atoms with Gasteiger partial charge >= 0.3 is 0 Å². The molecule has 0 spiro atoms. The Labute approximate surface area is 112 Å². The zero-order valence-electron chi connectivity index (χ0n) is 10.8. The highest BCUT2D eigenvalue weighted by molar-refractivity contribution is 7.15. The Kier molecular flexibility index (Phi) is 4.20. The van der Waals surface area contributed by atoms with Crippen LogP contribution in [0.1, 0.15) is 23.1 Å². The van der Waals surface area contributed by atoms with Crippen LogP contribution in [0.2, 0.25) is 0 Å². The predicted octanol–water partition coefficient (Wildman–Crippen LogP) is 3.22. The average Bonchev–Trinajstić information content (AvgIpc) is 2.67.